The lowest BCUT2D eigenvalue weighted by Crippen LogP contribution is -2.40. The van der Waals surface area contributed by atoms with Crippen molar-refractivity contribution in [3.63, 3.8) is 0 Å². The Bertz CT molecular complexity index is 706. The maximum Gasteiger partial charge on any atom is 0.413 e. The molecule has 1 fully saturated rings. The summed E-state index contributed by atoms with van der Waals surface area (Å²) in [5.74, 6) is 0.236. The number of morpholine rings is 1. The molecule has 2 aromatic rings. The van der Waals surface area contributed by atoms with Crippen LogP contribution in [0.1, 0.15) is 10.4 Å². The molecule has 116 valence electrons. The Morgan fingerprint density at radius 3 is 2.86 bits per heavy atom. The lowest BCUT2D eigenvalue weighted by Gasteiger charge is -2.26. The minimum Gasteiger partial charge on any atom is -0.453 e. The van der Waals surface area contributed by atoms with Gasteiger partial charge in [0, 0.05) is 18.7 Å². The minimum absolute atomic E-state index is 0.0396. The van der Waals surface area contributed by atoms with Crippen LogP contribution in [0.4, 0.5) is 10.7 Å². The third kappa shape index (κ3) is 2.86. The Labute approximate surface area is 126 Å². The van der Waals surface area contributed by atoms with Crippen LogP contribution in [-0.2, 0) is 9.47 Å². The highest BCUT2D eigenvalue weighted by molar-refractivity contribution is 5.98. The van der Waals surface area contributed by atoms with E-state index in [4.69, 9.17) is 4.74 Å². The molecule has 8 heteroatoms. The minimum atomic E-state index is -0.608. The first-order valence-corrected chi connectivity index (χ1v) is 6.89. The molecule has 0 spiro atoms. The molecular formula is C14H16N4O4. The number of benzene rings is 1. The molecular weight excluding hydrogens is 288 g/mol. The molecule has 1 aromatic heterocycles. The number of fused-ring (bicyclic) bond motifs is 1. The van der Waals surface area contributed by atoms with Gasteiger partial charge in [-0.2, -0.15) is 0 Å². The normalized spacial score (nSPS) is 14.9. The summed E-state index contributed by atoms with van der Waals surface area (Å²) < 4.78 is 9.75. The maximum absolute atomic E-state index is 12.4. The SMILES string of the molecule is COC(=O)Nc1nc2ccc(C(=O)N3CCOCC3)cc2[nH]1. The molecule has 1 aliphatic rings. The number of rotatable bonds is 2. The van der Waals surface area contributed by atoms with Gasteiger partial charge in [0.1, 0.15) is 0 Å². The number of hydrogen-bond acceptors (Lipinski definition) is 5. The summed E-state index contributed by atoms with van der Waals surface area (Å²) >= 11 is 0. The van der Waals surface area contributed by atoms with E-state index in [1.165, 1.54) is 7.11 Å². The number of nitrogens with zero attached hydrogens (tertiary/aromatic N) is 2. The van der Waals surface area contributed by atoms with Crippen molar-refractivity contribution in [2.24, 2.45) is 0 Å². The Morgan fingerprint density at radius 2 is 2.14 bits per heavy atom. The van der Waals surface area contributed by atoms with Crippen LogP contribution in [0.25, 0.3) is 11.0 Å². The van der Waals surface area contributed by atoms with Crippen LogP contribution in [0, 0.1) is 0 Å². The van der Waals surface area contributed by atoms with Crippen LogP contribution >= 0.6 is 0 Å². The molecule has 0 atom stereocenters. The second kappa shape index (κ2) is 6.02. The number of ether oxygens (including phenoxy) is 2. The van der Waals surface area contributed by atoms with Crippen molar-refractivity contribution in [2.75, 3.05) is 38.7 Å². The van der Waals surface area contributed by atoms with Gasteiger partial charge in [0.2, 0.25) is 5.95 Å². The fraction of sp³-hybridized carbons (Fsp3) is 0.357. The molecule has 0 unspecified atom stereocenters. The summed E-state index contributed by atoms with van der Waals surface area (Å²) in [6, 6.07) is 5.19. The first-order valence-electron chi connectivity index (χ1n) is 6.89. The predicted molar refractivity (Wildman–Crippen MR) is 78.8 cm³/mol. The summed E-state index contributed by atoms with van der Waals surface area (Å²) in [5, 5.41) is 2.45. The van der Waals surface area contributed by atoms with E-state index >= 15 is 0 Å². The number of methoxy groups -OCH3 is 1. The van der Waals surface area contributed by atoms with E-state index < -0.39 is 6.09 Å². The van der Waals surface area contributed by atoms with Crippen LogP contribution in [-0.4, -0.2) is 60.3 Å². The first kappa shape index (κ1) is 14.3. The number of aromatic nitrogens is 2. The standard InChI is InChI=1S/C14H16N4O4/c1-21-14(20)17-13-15-10-3-2-9(8-11(10)16-13)12(19)18-4-6-22-7-5-18/h2-3,8H,4-7H2,1H3,(H2,15,16,17,20). The van der Waals surface area contributed by atoms with Gasteiger partial charge in [-0.3, -0.25) is 10.1 Å². The highest BCUT2D eigenvalue weighted by Crippen LogP contribution is 2.18. The average molecular weight is 304 g/mol. The van der Waals surface area contributed by atoms with Gasteiger partial charge in [0.05, 0.1) is 31.4 Å². The van der Waals surface area contributed by atoms with Crippen LogP contribution in [0.15, 0.2) is 18.2 Å². The number of hydrogen-bond donors (Lipinski definition) is 2. The second-order valence-corrected chi connectivity index (χ2v) is 4.84. The fourth-order valence-corrected chi connectivity index (χ4v) is 2.30. The van der Waals surface area contributed by atoms with E-state index in [1.807, 2.05) is 0 Å². The Balaban J connectivity index is 1.82. The molecule has 3 rings (SSSR count). The number of carbonyl (C=O) groups excluding carboxylic acids is 2. The number of carbonyl (C=O) groups is 2. The van der Waals surface area contributed by atoms with Crippen molar-refractivity contribution in [1.29, 1.82) is 0 Å². The van der Waals surface area contributed by atoms with Crippen molar-refractivity contribution in [3.05, 3.63) is 23.8 Å². The van der Waals surface area contributed by atoms with Gasteiger partial charge in [-0.05, 0) is 18.2 Å². The molecule has 22 heavy (non-hydrogen) atoms. The zero-order valence-corrected chi connectivity index (χ0v) is 12.1. The van der Waals surface area contributed by atoms with Gasteiger partial charge in [0.25, 0.3) is 5.91 Å². The van der Waals surface area contributed by atoms with Gasteiger partial charge in [-0.25, -0.2) is 9.78 Å². The molecule has 2 heterocycles. The molecule has 1 aliphatic heterocycles. The summed E-state index contributed by atoms with van der Waals surface area (Å²) in [6.07, 6.45) is -0.608. The first-order chi connectivity index (χ1) is 10.7. The predicted octanol–water partition coefficient (Wildman–Crippen LogP) is 1.21. The molecule has 0 bridgehead atoms. The van der Waals surface area contributed by atoms with Gasteiger partial charge in [-0.1, -0.05) is 0 Å². The smallest absolute Gasteiger partial charge is 0.413 e. The van der Waals surface area contributed by atoms with Crippen LogP contribution < -0.4 is 5.32 Å². The topological polar surface area (TPSA) is 96.5 Å². The molecule has 2 amide bonds. The van der Waals surface area contributed by atoms with Crippen molar-refractivity contribution in [1.82, 2.24) is 14.9 Å². The Morgan fingerprint density at radius 1 is 1.36 bits per heavy atom. The molecule has 1 aromatic carbocycles. The summed E-state index contributed by atoms with van der Waals surface area (Å²) in [7, 11) is 1.27. The number of amides is 2. The highest BCUT2D eigenvalue weighted by atomic mass is 16.5. The highest BCUT2D eigenvalue weighted by Gasteiger charge is 2.19. The monoisotopic (exact) mass is 304 g/mol. The van der Waals surface area contributed by atoms with Crippen LogP contribution in [0.5, 0.6) is 0 Å². The van der Waals surface area contributed by atoms with Crippen LogP contribution in [0.2, 0.25) is 0 Å². The second-order valence-electron chi connectivity index (χ2n) is 4.84. The summed E-state index contributed by atoms with van der Waals surface area (Å²) in [5.41, 5.74) is 1.90. The van der Waals surface area contributed by atoms with Crippen molar-refractivity contribution < 1.29 is 19.1 Å². The van der Waals surface area contributed by atoms with Crippen LogP contribution in [0.3, 0.4) is 0 Å². The van der Waals surface area contributed by atoms with Crippen molar-refractivity contribution in [3.8, 4) is 0 Å². The largest absolute Gasteiger partial charge is 0.453 e. The lowest BCUT2D eigenvalue weighted by atomic mass is 10.1. The molecule has 0 aliphatic carbocycles. The molecule has 0 saturated carbocycles. The fourth-order valence-electron chi connectivity index (χ4n) is 2.30. The van der Waals surface area contributed by atoms with Gasteiger partial charge in [-0.15, -0.1) is 0 Å². The zero-order valence-electron chi connectivity index (χ0n) is 12.1. The number of H-pyrrole nitrogens is 1. The molecule has 8 nitrogen and oxygen atoms in total. The Hall–Kier alpha value is -2.61. The number of aromatic amines is 1. The van der Waals surface area contributed by atoms with E-state index in [2.05, 4.69) is 20.0 Å². The zero-order chi connectivity index (χ0) is 15.5. The van der Waals surface area contributed by atoms with Crippen molar-refractivity contribution >= 4 is 29.0 Å². The molecule has 0 radical (unpaired) electrons. The van der Waals surface area contributed by atoms with Gasteiger partial charge >= 0.3 is 6.09 Å². The lowest BCUT2D eigenvalue weighted by molar-refractivity contribution is 0.0303. The Kier molecular flexibility index (Phi) is 3.92. The maximum atomic E-state index is 12.4. The average Bonchev–Trinajstić information content (AvgIpc) is 2.96. The molecule has 2 N–H and O–H groups in total. The summed E-state index contributed by atoms with van der Waals surface area (Å²) in [6.45, 7) is 2.31. The van der Waals surface area contributed by atoms with E-state index in [1.54, 1.807) is 23.1 Å². The van der Waals surface area contributed by atoms with E-state index in [9.17, 15) is 9.59 Å². The van der Waals surface area contributed by atoms with Crippen molar-refractivity contribution in [2.45, 2.75) is 0 Å². The van der Waals surface area contributed by atoms with Gasteiger partial charge < -0.3 is 19.4 Å². The third-order valence-corrected chi connectivity index (χ3v) is 3.43. The third-order valence-electron chi connectivity index (χ3n) is 3.43. The number of nitrogens with one attached hydrogen (secondary N) is 2. The quantitative estimate of drug-likeness (QED) is 0.869. The summed E-state index contributed by atoms with van der Waals surface area (Å²) in [4.78, 5) is 32.5. The number of anilines is 1. The van der Waals surface area contributed by atoms with E-state index in [0.717, 1.165) is 0 Å². The number of imidazole rings is 1. The molecule has 1 saturated heterocycles. The van der Waals surface area contributed by atoms with E-state index in [0.29, 0.717) is 42.9 Å². The van der Waals surface area contributed by atoms with E-state index in [-0.39, 0.29) is 11.9 Å². The van der Waals surface area contributed by atoms with Gasteiger partial charge in [0.15, 0.2) is 0 Å².